The number of rotatable bonds is 4. The average molecular weight is 187 g/mol. The lowest BCUT2D eigenvalue weighted by Crippen LogP contribution is -2.37. The smallest absolute Gasteiger partial charge is 0.323 e. The topological polar surface area (TPSA) is 52.3 Å². The van der Waals surface area contributed by atoms with Gasteiger partial charge in [-0.3, -0.25) is 4.79 Å². The summed E-state index contributed by atoms with van der Waals surface area (Å²) in [5, 5.41) is 0. The molecule has 2 N–H and O–H groups in total. The van der Waals surface area contributed by atoms with E-state index in [9.17, 15) is 4.79 Å². The summed E-state index contributed by atoms with van der Waals surface area (Å²) >= 11 is 0. The fourth-order valence-electron chi connectivity index (χ4n) is 0.919. The molecule has 0 aromatic rings. The molecule has 0 spiro atoms. The number of unbranched alkanes of at least 4 members (excludes halogenated alkanes) is 1. The quantitative estimate of drug-likeness (QED) is 0.683. The van der Waals surface area contributed by atoms with E-state index in [0.717, 1.165) is 12.8 Å². The van der Waals surface area contributed by atoms with Crippen LogP contribution in [0.25, 0.3) is 0 Å². The van der Waals surface area contributed by atoms with E-state index < -0.39 is 11.6 Å². The predicted molar refractivity (Wildman–Crippen MR) is 53.3 cm³/mol. The molecule has 0 rings (SSSR count). The molecule has 0 aliphatic heterocycles. The van der Waals surface area contributed by atoms with Gasteiger partial charge in [0.2, 0.25) is 0 Å². The van der Waals surface area contributed by atoms with E-state index in [1.54, 1.807) is 0 Å². The number of carbonyl (C=O) groups is 1. The lowest BCUT2D eigenvalue weighted by Gasteiger charge is -2.22. The molecule has 0 bridgehead atoms. The fourth-order valence-corrected chi connectivity index (χ4v) is 0.919. The van der Waals surface area contributed by atoms with E-state index >= 15 is 0 Å². The highest BCUT2D eigenvalue weighted by molar-refractivity contribution is 5.75. The largest absolute Gasteiger partial charge is 0.459 e. The van der Waals surface area contributed by atoms with Crippen LogP contribution in [0.15, 0.2) is 0 Å². The van der Waals surface area contributed by atoms with Crippen molar-refractivity contribution in [3.05, 3.63) is 0 Å². The van der Waals surface area contributed by atoms with Gasteiger partial charge in [-0.25, -0.2) is 0 Å². The summed E-state index contributed by atoms with van der Waals surface area (Å²) in [6.45, 7) is 7.61. The third kappa shape index (κ3) is 6.58. The molecule has 0 saturated carbocycles. The molecular weight excluding hydrogens is 166 g/mol. The van der Waals surface area contributed by atoms with Gasteiger partial charge in [-0.05, 0) is 27.2 Å². The van der Waals surface area contributed by atoms with Crippen LogP contribution in [0.2, 0.25) is 0 Å². The number of hydrogen-bond acceptors (Lipinski definition) is 3. The van der Waals surface area contributed by atoms with Gasteiger partial charge in [-0.1, -0.05) is 19.8 Å². The predicted octanol–water partition coefficient (Wildman–Crippen LogP) is 1.85. The summed E-state index contributed by atoms with van der Waals surface area (Å²) in [5.41, 5.74) is 5.21. The Labute approximate surface area is 80.6 Å². The van der Waals surface area contributed by atoms with Gasteiger partial charge in [0.25, 0.3) is 0 Å². The molecule has 3 nitrogen and oxygen atoms in total. The second-order valence-corrected chi connectivity index (χ2v) is 4.28. The van der Waals surface area contributed by atoms with E-state index in [0.29, 0.717) is 6.42 Å². The van der Waals surface area contributed by atoms with E-state index in [-0.39, 0.29) is 5.97 Å². The van der Waals surface area contributed by atoms with Crippen molar-refractivity contribution in [1.82, 2.24) is 0 Å². The molecule has 0 aromatic carbocycles. The molecule has 3 heteroatoms. The van der Waals surface area contributed by atoms with Crippen LogP contribution in [-0.4, -0.2) is 17.6 Å². The third-order valence-corrected chi connectivity index (χ3v) is 1.58. The zero-order valence-electron chi connectivity index (χ0n) is 9.09. The summed E-state index contributed by atoms with van der Waals surface area (Å²) in [5.74, 6) is -0.291. The summed E-state index contributed by atoms with van der Waals surface area (Å²) < 4.78 is 5.13. The van der Waals surface area contributed by atoms with Gasteiger partial charge in [0.05, 0.1) is 0 Å². The van der Waals surface area contributed by atoms with Crippen molar-refractivity contribution in [2.45, 2.75) is 58.6 Å². The van der Waals surface area contributed by atoms with Crippen LogP contribution < -0.4 is 5.73 Å². The van der Waals surface area contributed by atoms with E-state index in [1.165, 1.54) is 0 Å². The highest BCUT2D eigenvalue weighted by Crippen LogP contribution is 2.09. The van der Waals surface area contributed by atoms with E-state index in [1.807, 2.05) is 20.8 Å². The molecule has 78 valence electrons. The number of nitrogens with two attached hydrogens (primary N) is 1. The first-order valence-corrected chi connectivity index (χ1v) is 4.85. The SMILES string of the molecule is CCCCC(N)C(=O)OC(C)(C)C. The zero-order valence-corrected chi connectivity index (χ0v) is 9.09. The van der Waals surface area contributed by atoms with Gasteiger partial charge in [0.1, 0.15) is 11.6 Å². The van der Waals surface area contributed by atoms with Crippen LogP contribution >= 0.6 is 0 Å². The maximum atomic E-state index is 11.3. The zero-order chi connectivity index (χ0) is 10.5. The minimum Gasteiger partial charge on any atom is -0.459 e. The van der Waals surface area contributed by atoms with E-state index in [2.05, 4.69) is 6.92 Å². The van der Waals surface area contributed by atoms with Crippen molar-refractivity contribution in [1.29, 1.82) is 0 Å². The average Bonchev–Trinajstić information content (AvgIpc) is 1.96. The molecule has 1 atom stereocenters. The van der Waals surface area contributed by atoms with Crippen LogP contribution in [0.1, 0.15) is 47.0 Å². The molecule has 0 aliphatic rings. The summed E-state index contributed by atoms with van der Waals surface area (Å²) in [6, 6.07) is -0.459. The lowest BCUT2D eigenvalue weighted by molar-refractivity contribution is -0.156. The van der Waals surface area contributed by atoms with Gasteiger partial charge < -0.3 is 10.5 Å². The summed E-state index contributed by atoms with van der Waals surface area (Å²) in [4.78, 5) is 11.3. The molecule has 0 aromatic heterocycles. The third-order valence-electron chi connectivity index (χ3n) is 1.58. The van der Waals surface area contributed by atoms with Crippen LogP contribution in [0.3, 0.4) is 0 Å². The highest BCUT2D eigenvalue weighted by atomic mass is 16.6. The summed E-state index contributed by atoms with van der Waals surface area (Å²) in [6.07, 6.45) is 2.74. The second kappa shape index (κ2) is 5.22. The monoisotopic (exact) mass is 187 g/mol. The number of esters is 1. The van der Waals surface area contributed by atoms with Crippen LogP contribution in [0, 0.1) is 0 Å². The van der Waals surface area contributed by atoms with Gasteiger partial charge in [-0.2, -0.15) is 0 Å². The second-order valence-electron chi connectivity index (χ2n) is 4.28. The molecule has 0 aliphatic carbocycles. The number of carbonyl (C=O) groups excluding carboxylic acids is 1. The van der Waals surface area contributed by atoms with Crippen LogP contribution in [-0.2, 0) is 9.53 Å². The number of ether oxygens (including phenoxy) is 1. The van der Waals surface area contributed by atoms with Crippen molar-refractivity contribution in [3.63, 3.8) is 0 Å². The minimum atomic E-state index is -0.459. The molecule has 0 saturated heterocycles. The van der Waals surface area contributed by atoms with Gasteiger partial charge in [0, 0.05) is 0 Å². The normalized spacial score (nSPS) is 13.9. The Hall–Kier alpha value is -0.570. The molecule has 0 heterocycles. The molecule has 13 heavy (non-hydrogen) atoms. The molecule has 0 amide bonds. The Balaban J connectivity index is 3.83. The van der Waals surface area contributed by atoms with Crippen molar-refractivity contribution in [2.75, 3.05) is 0 Å². The van der Waals surface area contributed by atoms with Crippen molar-refractivity contribution in [3.8, 4) is 0 Å². The van der Waals surface area contributed by atoms with Crippen molar-refractivity contribution >= 4 is 5.97 Å². The maximum absolute atomic E-state index is 11.3. The first-order valence-electron chi connectivity index (χ1n) is 4.85. The maximum Gasteiger partial charge on any atom is 0.323 e. The molecule has 0 fully saturated rings. The Bertz CT molecular complexity index is 161. The van der Waals surface area contributed by atoms with Crippen molar-refractivity contribution in [2.24, 2.45) is 5.73 Å². The van der Waals surface area contributed by atoms with Gasteiger partial charge in [0.15, 0.2) is 0 Å². The Morgan fingerprint density at radius 3 is 2.38 bits per heavy atom. The Morgan fingerprint density at radius 2 is 2.00 bits per heavy atom. The first-order chi connectivity index (χ1) is 5.87. The Morgan fingerprint density at radius 1 is 1.46 bits per heavy atom. The van der Waals surface area contributed by atoms with Crippen LogP contribution in [0.5, 0.6) is 0 Å². The van der Waals surface area contributed by atoms with Crippen LogP contribution in [0.4, 0.5) is 0 Å². The first kappa shape index (κ1) is 12.4. The number of hydrogen-bond donors (Lipinski definition) is 1. The standard InChI is InChI=1S/C10H21NO2/c1-5-6-7-8(11)9(12)13-10(2,3)4/h8H,5-7,11H2,1-4H3. The van der Waals surface area contributed by atoms with Gasteiger partial charge >= 0.3 is 5.97 Å². The fraction of sp³-hybridized carbons (Fsp3) is 0.900. The minimum absolute atomic E-state index is 0.291. The van der Waals surface area contributed by atoms with Crippen molar-refractivity contribution < 1.29 is 9.53 Å². The highest BCUT2D eigenvalue weighted by Gasteiger charge is 2.21. The van der Waals surface area contributed by atoms with E-state index in [4.69, 9.17) is 10.5 Å². The molecule has 0 radical (unpaired) electrons. The summed E-state index contributed by atoms with van der Waals surface area (Å²) in [7, 11) is 0. The van der Waals surface area contributed by atoms with Gasteiger partial charge in [-0.15, -0.1) is 0 Å². The lowest BCUT2D eigenvalue weighted by atomic mass is 10.1. The molecule has 1 unspecified atom stereocenters. The Kier molecular flexibility index (Phi) is 4.99. The molecular formula is C10H21NO2.